The van der Waals surface area contributed by atoms with Gasteiger partial charge in [0.1, 0.15) is 11.6 Å². The molecular weight excluding hydrogens is 1740 g/mol. The van der Waals surface area contributed by atoms with Gasteiger partial charge in [-0.2, -0.15) is 0 Å². The minimum atomic E-state index is 0.660. The Balaban J connectivity index is 0.0000000905. The molecule has 0 amide bonds. The van der Waals surface area contributed by atoms with E-state index in [4.69, 9.17) is 39.9 Å². The third kappa shape index (κ3) is 12.5. The van der Waals surface area contributed by atoms with Crippen LogP contribution >= 0.6 is 0 Å². The van der Waals surface area contributed by atoms with Crippen LogP contribution in [0.5, 0.6) is 0 Å². The Morgan fingerprint density at radius 3 is 0.704 bits per heavy atom. The summed E-state index contributed by atoms with van der Waals surface area (Å²) < 4.78 is 14.0. The van der Waals surface area contributed by atoms with Crippen LogP contribution in [0.4, 0.5) is 0 Å². The van der Waals surface area contributed by atoms with Gasteiger partial charge in [-0.15, -0.1) is 0 Å². The van der Waals surface area contributed by atoms with Crippen molar-refractivity contribution in [2.75, 3.05) is 0 Å². The van der Waals surface area contributed by atoms with Crippen molar-refractivity contribution in [2.45, 2.75) is 0 Å². The van der Waals surface area contributed by atoms with Gasteiger partial charge in [0.15, 0.2) is 34.9 Å². The maximum Gasteiger partial charge on any atom is 0.164 e. The second kappa shape index (κ2) is 32.0. The molecule has 16 nitrogen and oxygen atoms in total. The van der Waals surface area contributed by atoms with E-state index >= 15 is 0 Å². The minimum absolute atomic E-state index is 0.660. The molecule has 0 aliphatic heterocycles. The van der Waals surface area contributed by atoms with Crippen molar-refractivity contribution < 1.29 is 0 Å². The number of pyridine rings is 2. The van der Waals surface area contributed by atoms with Crippen LogP contribution in [0.15, 0.2) is 462 Å². The minimum Gasteiger partial charge on any atom is -0.308 e. The predicted octanol–water partition coefficient (Wildman–Crippen LogP) is 30.5. The standard InChI is InChI=1S/C33H20N4.C32H19N5.C31H19N3.C30H18N4/c1-3-10-21(11-4-1)31-34-32(22-12-5-2-6-13-22)36-33(35-31)23-18-19-29-27(20-23)26-16-9-15-25-24-14-7-8-17-28(24)37(29)30(25)26;1-3-8-20(9-4-1)30-34-31(21-10-5-2-6-11-21)36-32(35-30)22-14-15-27-25(18-22)23-12-7-13-24-26-19-33-17-16-28(26)37(27)29(23)24;1-2-9-21(10-3-1)33-29-16-7-5-14-26(29)32-31(33)20-17-18-28-25(19-20)24-13-8-12-23-22-11-4-6-15-27(22)34(28)30(23)24;1-2-7-20(8-3-1)33-28-12-5-4-11-25(28)32-30(33)19-13-14-26-23(17-19)21-9-6-10-22-24-18-31-16-15-27(24)34(26)29(21)22/h1-20H;1-19H;1-19H;1-18H. The number of rotatable bonds is 10. The number of aromatic nitrogens is 16. The highest BCUT2D eigenvalue weighted by atomic mass is 15.1. The van der Waals surface area contributed by atoms with Gasteiger partial charge in [0.05, 0.1) is 88.3 Å². The van der Waals surface area contributed by atoms with Gasteiger partial charge in [-0.05, 0) is 146 Å². The Labute approximate surface area is 809 Å². The van der Waals surface area contributed by atoms with Crippen LogP contribution in [-0.4, -0.2) is 76.6 Å². The molecule has 0 spiro atoms. The van der Waals surface area contributed by atoms with Gasteiger partial charge in [0.2, 0.25) is 0 Å². The molecule has 14 aromatic heterocycles. The predicted molar refractivity (Wildman–Crippen MR) is 580 cm³/mol. The summed E-state index contributed by atoms with van der Waals surface area (Å²) in [6.07, 6.45) is 7.66. The molecule has 0 radical (unpaired) electrons. The molecule has 18 aromatic carbocycles. The molecule has 0 fully saturated rings. The molecule has 660 valence electrons. The van der Waals surface area contributed by atoms with Crippen LogP contribution in [-0.2, 0) is 0 Å². The summed E-state index contributed by atoms with van der Waals surface area (Å²) in [6.45, 7) is 0. The lowest BCUT2D eigenvalue weighted by atomic mass is 10.1. The summed E-state index contributed by atoms with van der Waals surface area (Å²) in [5, 5.41) is 19.9. The van der Waals surface area contributed by atoms with Gasteiger partial charge >= 0.3 is 0 Å². The number of hydrogen-bond donors (Lipinski definition) is 0. The Bertz CT molecular complexity index is 9860. The molecular formula is C126H76N16. The quantitative estimate of drug-likeness (QED) is 0.129. The van der Waals surface area contributed by atoms with E-state index in [1.807, 2.05) is 158 Å². The molecule has 0 aliphatic carbocycles. The van der Waals surface area contributed by atoms with Gasteiger partial charge < -0.3 is 17.6 Å². The Hall–Kier alpha value is -19.6. The fraction of sp³-hybridized carbons (Fsp3) is 0. The summed E-state index contributed by atoms with van der Waals surface area (Å²) in [5.74, 6) is 5.91. The van der Waals surface area contributed by atoms with E-state index in [9.17, 15) is 0 Å². The van der Waals surface area contributed by atoms with Crippen molar-refractivity contribution in [1.82, 2.24) is 76.6 Å². The summed E-state index contributed by atoms with van der Waals surface area (Å²) in [6, 6.07) is 152. The highest BCUT2D eigenvalue weighted by Gasteiger charge is 2.27. The van der Waals surface area contributed by atoms with E-state index in [-0.39, 0.29) is 0 Å². The summed E-state index contributed by atoms with van der Waals surface area (Å²) in [5.41, 5.74) is 29.2. The van der Waals surface area contributed by atoms with E-state index in [1.165, 1.54) is 147 Å². The third-order valence-electron chi connectivity index (χ3n) is 28.3. The van der Waals surface area contributed by atoms with Crippen molar-refractivity contribution in [2.24, 2.45) is 0 Å². The first-order valence-electron chi connectivity index (χ1n) is 47.7. The Kier molecular flexibility index (Phi) is 18.0. The van der Waals surface area contributed by atoms with Crippen LogP contribution < -0.4 is 0 Å². The smallest absolute Gasteiger partial charge is 0.164 e. The first-order valence-corrected chi connectivity index (χ1v) is 47.7. The van der Waals surface area contributed by atoms with Crippen LogP contribution in [0.2, 0.25) is 0 Å². The Morgan fingerprint density at radius 2 is 0.380 bits per heavy atom. The molecule has 142 heavy (non-hydrogen) atoms. The fourth-order valence-electron chi connectivity index (χ4n) is 22.1. The molecule has 14 heterocycles. The third-order valence-corrected chi connectivity index (χ3v) is 28.3. The molecule has 0 N–H and O–H groups in total. The molecule has 0 aliphatic rings. The van der Waals surface area contributed by atoms with Crippen LogP contribution in [0.1, 0.15) is 0 Å². The number of nitrogens with zero attached hydrogens (tertiary/aromatic N) is 16. The Morgan fingerprint density at radius 1 is 0.148 bits per heavy atom. The average Bonchev–Trinajstić information content (AvgIpc) is 1.55. The highest BCUT2D eigenvalue weighted by Crippen LogP contribution is 2.47. The lowest BCUT2D eigenvalue weighted by molar-refractivity contribution is 1.07. The highest BCUT2D eigenvalue weighted by molar-refractivity contribution is 6.28. The largest absolute Gasteiger partial charge is 0.308 e. The summed E-state index contributed by atoms with van der Waals surface area (Å²) in [4.78, 5) is 48.3. The van der Waals surface area contributed by atoms with Gasteiger partial charge in [0.25, 0.3) is 0 Å². The summed E-state index contributed by atoms with van der Waals surface area (Å²) >= 11 is 0. The van der Waals surface area contributed by atoms with Gasteiger partial charge in [-0.25, -0.2) is 39.9 Å². The lowest BCUT2D eigenvalue weighted by Crippen LogP contribution is -2.00. The van der Waals surface area contributed by atoms with Gasteiger partial charge in [0, 0.05) is 167 Å². The molecule has 0 bridgehead atoms. The molecule has 32 rings (SSSR count). The number of benzene rings is 18. The van der Waals surface area contributed by atoms with Crippen molar-refractivity contribution in [1.29, 1.82) is 0 Å². The number of hydrogen-bond acceptors (Lipinski definition) is 10. The monoisotopic (exact) mass is 1810 g/mol. The van der Waals surface area contributed by atoms with E-state index in [2.05, 4.69) is 340 Å². The topological polar surface area (TPSA) is 156 Å². The second-order valence-electron chi connectivity index (χ2n) is 36.2. The molecule has 0 unspecified atom stereocenters. The normalized spacial score (nSPS) is 11.9. The van der Waals surface area contributed by atoms with Crippen molar-refractivity contribution in [3.63, 3.8) is 0 Å². The maximum atomic E-state index is 5.08. The fourth-order valence-corrected chi connectivity index (χ4v) is 22.1. The zero-order valence-corrected chi connectivity index (χ0v) is 76.0. The van der Waals surface area contributed by atoms with E-state index in [1.54, 1.807) is 0 Å². The number of para-hydroxylation sites is 12. The molecule has 16 heteroatoms. The molecule has 0 saturated carbocycles. The SMILES string of the molecule is c1ccc(-c2nc(-c3ccccc3)nc(-c3ccc4c(c3)c3cccc5c6ccccc6n4c53)n2)cc1.c1ccc(-c2nc(-c3ccccc3)nc(-c3ccc4c(c3)c3cccc5c6cnccc6n4c53)n2)cc1.c1ccc(-n2c(-c3ccc4c(c3)c3cccc5c6ccccc6n4c53)nc3ccccc32)cc1.c1ccc(-n2c(-c3ccc4c(c3)c3cccc5c6cnccc6n4c53)nc3ccccc32)cc1. The van der Waals surface area contributed by atoms with E-state index in [0.29, 0.717) is 34.9 Å². The van der Waals surface area contributed by atoms with Crippen molar-refractivity contribution in [3.05, 3.63) is 462 Å². The number of fused-ring (bicyclic) bond motifs is 26. The molecule has 32 aromatic rings. The molecule has 0 atom stereocenters. The van der Waals surface area contributed by atoms with Crippen LogP contribution in [0, 0.1) is 0 Å². The first-order chi connectivity index (χ1) is 70.5. The van der Waals surface area contributed by atoms with Crippen molar-refractivity contribution in [3.8, 4) is 102 Å². The molecule has 0 saturated heterocycles. The van der Waals surface area contributed by atoms with E-state index in [0.717, 1.165) is 95.1 Å². The van der Waals surface area contributed by atoms with Gasteiger partial charge in [-0.3, -0.25) is 19.1 Å². The second-order valence-corrected chi connectivity index (χ2v) is 36.2. The van der Waals surface area contributed by atoms with Gasteiger partial charge in [-0.1, -0.05) is 291 Å². The lowest BCUT2D eigenvalue weighted by Gasteiger charge is -2.10. The maximum absolute atomic E-state index is 5.08. The number of imidazole rings is 2. The van der Waals surface area contributed by atoms with Crippen LogP contribution in [0.3, 0.4) is 0 Å². The van der Waals surface area contributed by atoms with E-state index < -0.39 is 0 Å². The summed E-state index contributed by atoms with van der Waals surface area (Å²) in [7, 11) is 0. The first kappa shape index (κ1) is 79.8. The zero-order chi connectivity index (χ0) is 93.1. The van der Waals surface area contributed by atoms with Crippen molar-refractivity contribution >= 4 is 174 Å². The van der Waals surface area contributed by atoms with Crippen LogP contribution in [0.25, 0.3) is 277 Å². The zero-order valence-electron chi connectivity index (χ0n) is 76.0. The average molecular weight is 1810 g/mol.